The number of nitrogens with zero attached hydrogens (tertiary/aromatic N) is 1. The van der Waals surface area contributed by atoms with Crippen molar-refractivity contribution in [2.45, 2.75) is 84.0 Å². The van der Waals surface area contributed by atoms with Gasteiger partial charge in [0, 0.05) is 25.4 Å². The summed E-state index contributed by atoms with van der Waals surface area (Å²) in [6.07, 6.45) is -4.47. The van der Waals surface area contributed by atoms with Crippen molar-refractivity contribution >= 4 is 11.8 Å². The molecule has 0 radical (unpaired) electrons. The van der Waals surface area contributed by atoms with Crippen LogP contribution in [-0.2, 0) is 9.59 Å². The fourth-order valence-electron chi connectivity index (χ4n) is 4.15. The SMILES string of the molecule is C[C@@H]1CC2(CCC(F)(F)CC2)CN1C(=O)[C@@H](NC(=O)C(F)(F)F)C(C)(C)C. The molecule has 2 rings (SSSR count). The molecule has 1 spiro atoms. The lowest BCUT2D eigenvalue weighted by molar-refractivity contribution is -0.176. The van der Waals surface area contributed by atoms with Crippen LogP contribution in [0.3, 0.4) is 0 Å². The maximum Gasteiger partial charge on any atom is 0.471 e. The first-order valence-corrected chi connectivity index (χ1v) is 9.12. The molecule has 2 aliphatic rings. The van der Waals surface area contributed by atoms with Crippen molar-refractivity contribution in [3.63, 3.8) is 0 Å². The van der Waals surface area contributed by atoms with Gasteiger partial charge in [-0.3, -0.25) is 9.59 Å². The lowest BCUT2D eigenvalue weighted by Gasteiger charge is -2.38. The predicted molar refractivity (Wildman–Crippen MR) is 89.1 cm³/mol. The summed E-state index contributed by atoms with van der Waals surface area (Å²) in [6, 6.07) is -1.63. The maximum absolute atomic E-state index is 13.5. The Balaban J connectivity index is 2.17. The van der Waals surface area contributed by atoms with Crippen LogP contribution in [0.2, 0.25) is 0 Å². The molecule has 2 amide bonds. The van der Waals surface area contributed by atoms with Gasteiger partial charge in [0.2, 0.25) is 11.8 Å². The Morgan fingerprint density at radius 2 is 1.59 bits per heavy atom. The van der Waals surface area contributed by atoms with Gasteiger partial charge in [-0.15, -0.1) is 0 Å². The maximum atomic E-state index is 13.5. The molecule has 1 heterocycles. The summed E-state index contributed by atoms with van der Waals surface area (Å²) in [4.78, 5) is 25.9. The summed E-state index contributed by atoms with van der Waals surface area (Å²) in [5.41, 5.74) is -1.36. The molecule has 9 heteroatoms. The van der Waals surface area contributed by atoms with Crippen LogP contribution >= 0.6 is 0 Å². The smallest absolute Gasteiger partial charge is 0.338 e. The number of carbonyl (C=O) groups excluding carboxylic acids is 2. The van der Waals surface area contributed by atoms with Gasteiger partial charge in [-0.25, -0.2) is 8.78 Å². The summed E-state index contributed by atoms with van der Waals surface area (Å²) < 4.78 is 65.0. The summed E-state index contributed by atoms with van der Waals surface area (Å²) >= 11 is 0. The molecule has 1 saturated carbocycles. The molecule has 0 bridgehead atoms. The number of nitrogens with one attached hydrogen (secondary N) is 1. The lowest BCUT2D eigenvalue weighted by Crippen LogP contribution is -2.57. The Morgan fingerprint density at radius 3 is 2.04 bits per heavy atom. The molecule has 1 aliphatic heterocycles. The third-order valence-corrected chi connectivity index (χ3v) is 5.74. The van der Waals surface area contributed by atoms with Crippen molar-refractivity contribution in [1.82, 2.24) is 10.2 Å². The number of amides is 2. The Labute approximate surface area is 155 Å². The summed E-state index contributed by atoms with van der Waals surface area (Å²) in [6.45, 7) is 6.72. The van der Waals surface area contributed by atoms with Gasteiger partial charge in [0.1, 0.15) is 6.04 Å². The van der Waals surface area contributed by atoms with Crippen LogP contribution in [0, 0.1) is 10.8 Å². The number of carbonyl (C=O) groups is 2. The van der Waals surface area contributed by atoms with E-state index in [4.69, 9.17) is 0 Å². The number of rotatable bonds is 2. The first kappa shape index (κ1) is 21.9. The van der Waals surface area contributed by atoms with Gasteiger partial charge >= 0.3 is 12.1 Å². The molecule has 1 aliphatic carbocycles. The molecule has 1 saturated heterocycles. The quantitative estimate of drug-likeness (QED) is 0.718. The first-order chi connectivity index (χ1) is 12.1. The van der Waals surface area contributed by atoms with E-state index in [0.717, 1.165) is 0 Å². The molecule has 1 N–H and O–H groups in total. The van der Waals surface area contributed by atoms with Crippen molar-refractivity contribution in [2.75, 3.05) is 6.54 Å². The second kappa shape index (κ2) is 6.88. The van der Waals surface area contributed by atoms with Gasteiger partial charge in [-0.2, -0.15) is 13.2 Å². The molecular weight excluding hydrogens is 371 g/mol. The minimum atomic E-state index is -5.09. The van der Waals surface area contributed by atoms with Gasteiger partial charge in [0.25, 0.3) is 0 Å². The van der Waals surface area contributed by atoms with Gasteiger partial charge in [-0.05, 0) is 37.0 Å². The zero-order chi connectivity index (χ0) is 20.8. The summed E-state index contributed by atoms with van der Waals surface area (Å²) in [7, 11) is 0. The largest absolute Gasteiger partial charge is 0.471 e. The number of likely N-dealkylation sites (tertiary alicyclic amines) is 1. The van der Waals surface area contributed by atoms with E-state index in [2.05, 4.69) is 0 Å². The molecule has 2 fully saturated rings. The zero-order valence-corrected chi connectivity index (χ0v) is 16.1. The summed E-state index contributed by atoms with van der Waals surface area (Å²) in [5.74, 6) is -5.45. The van der Waals surface area contributed by atoms with Gasteiger partial charge in [-0.1, -0.05) is 20.8 Å². The van der Waals surface area contributed by atoms with E-state index in [0.29, 0.717) is 6.42 Å². The van der Waals surface area contributed by atoms with Crippen LogP contribution in [0.1, 0.15) is 59.8 Å². The molecule has 27 heavy (non-hydrogen) atoms. The zero-order valence-electron chi connectivity index (χ0n) is 16.1. The van der Waals surface area contributed by atoms with E-state index in [1.165, 1.54) is 4.90 Å². The number of alkyl halides is 5. The van der Waals surface area contributed by atoms with Crippen LogP contribution in [0.5, 0.6) is 0 Å². The van der Waals surface area contributed by atoms with Crippen molar-refractivity contribution in [3.8, 4) is 0 Å². The lowest BCUT2D eigenvalue weighted by atomic mass is 9.71. The average Bonchev–Trinajstić information content (AvgIpc) is 2.82. The highest BCUT2D eigenvalue weighted by atomic mass is 19.4. The second-order valence-electron chi connectivity index (χ2n) is 9.15. The highest BCUT2D eigenvalue weighted by Crippen LogP contribution is 2.50. The molecule has 0 unspecified atom stereocenters. The van der Waals surface area contributed by atoms with Crippen LogP contribution < -0.4 is 5.32 Å². The normalized spacial score (nSPS) is 26.1. The molecule has 2 atom stereocenters. The molecular formula is C18H27F5N2O2. The highest BCUT2D eigenvalue weighted by molar-refractivity contribution is 5.90. The van der Waals surface area contributed by atoms with E-state index < -0.39 is 40.8 Å². The fraction of sp³-hybridized carbons (Fsp3) is 0.889. The third-order valence-electron chi connectivity index (χ3n) is 5.74. The molecule has 0 aromatic heterocycles. The third kappa shape index (κ3) is 4.90. The van der Waals surface area contributed by atoms with Crippen LogP contribution in [0.25, 0.3) is 0 Å². The van der Waals surface area contributed by atoms with E-state index in [1.54, 1.807) is 27.7 Å². The Bertz CT molecular complexity index is 588. The second-order valence-corrected chi connectivity index (χ2v) is 9.15. The van der Waals surface area contributed by atoms with E-state index in [1.807, 2.05) is 5.32 Å². The standard InChI is InChI=1S/C18H27F5N2O2/c1-11-9-16(5-7-17(19,20)8-6-16)10-25(11)13(26)12(15(2,3)4)24-14(27)18(21,22)23/h11-12H,5-10H2,1-4H3,(H,24,27)/t11-,12-/m1/s1. The van der Waals surface area contributed by atoms with Crippen LogP contribution in [0.4, 0.5) is 22.0 Å². The minimum Gasteiger partial charge on any atom is -0.338 e. The average molecular weight is 398 g/mol. The summed E-state index contributed by atoms with van der Waals surface area (Å²) in [5, 5.41) is 1.82. The Hall–Kier alpha value is -1.41. The van der Waals surface area contributed by atoms with Gasteiger partial charge in [0.05, 0.1) is 0 Å². The van der Waals surface area contributed by atoms with Crippen molar-refractivity contribution < 1.29 is 31.5 Å². The van der Waals surface area contributed by atoms with E-state index in [9.17, 15) is 31.5 Å². The topological polar surface area (TPSA) is 49.4 Å². The number of hydrogen-bond acceptors (Lipinski definition) is 2. The molecule has 156 valence electrons. The fourth-order valence-corrected chi connectivity index (χ4v) is 4.15. The predicted octanol–water partition coefficient (Wildman–Crippen LogP) is 3.90. The first-order valence-electron chi connectivity index (χ1n) is 9.12. The monoisotopic (exact) mass is 398 g/mol. The van der Waals surface area contributed by atoms with Gasteiger partial charge < -0.3 is 10.2 Å². The molecule has 4 nitrogen and oxygen atoms in total. The molecule has 0 aromatic rings. The van der Waals surface area contributed by atoms with E-state index >= 15 is 0 Å². The number of hydrogen-bond donors (Lipinski definition) is 1. The highest BCUT2D eigenvalue weighted by Gasteiger charge is 2.52. The van der Waals surface area contributed by atoms with Crippen molar-refractivity contribution in [3.05, 3.63) is 0 Å². The van der Waals surface area contributed by atoms with Crippen LogP contribution in [-0.4, -0.2) is 47.4 Å². The van der Waals surface area contributed by atoms with Crippen molar-refractivity contribution in [2.24, 2.45) is 10.8 Å². The van der Waals surface area contributed by atoms with Crippen LogP contribution in [0.15, 0.2) is 0 Å². The Morgan fingerprint density at radius 1 is 1.07 bits per heavy atom. The number of halogens is 5. The minimum absolute atomic E-state index is 0.234. The van der Waals surface area contributed by atoms with E-state index in [-0.39, 0.29) is 38.3 Å². The van der Waals surface area contributed by atoms with Crippen molar-refractivity contribution in [1.29, 1.82) is 0 Å². The molecule has 0 aromatic carbocycles. The van der Waals surface area contributed by atoms with Gasteiger partial charge in [0.15, 0.2) is 0 Å². The Kier molecular flexibility index (Phi) is 5.58.